The van der Waals surface area contributed by atoms with Gasteiger partial charge in [0.15, 0.2) is 0 Å². The van der Waals surface area contributed by atoms with E-state index in [0.29, 0.717) is 11.6 Å². The van der Waals surface area contributed by atoms with E-state index >= 15 is 0 Å². The maximum Gasteiger partial charge on any atom is 0.270 e. The number of rotatable bonds is 4. The fourth-order valence-corrected chi connectivity index (χ4v) is 1.54. The van der Waals surface area contributed by atoms with Crippen molar-refractivity contribution in [2.45, 2.75) is 46.5 Å². The Bertz CT molecular complexity index is 368. The molecule has 3 heteroatoms. The van der Waals surface area contributed by atoms with Gasteiger partial charge in [-0.05, 0) is 18.8 Å². The van der Waals surface area contributed by atoms with Gasteiger partial charge in [0.25, 0.3) is 5.56 Å². The van der Waals surface area contributed by atoms with Gasteiger partial charge in [-0.25, -0.2) is 0 Å². The van der Waals surface area contributed by atoms with Gasteiger partial charge in [-0.3, -0.25) is 9.78 Å². The Hall–Kier alpha value is -1.12. The van der Waals surface area contributed by atoms with Crippen molar-refractivity contribution in [2.24, 2.45) is 5.92 Å². The van der Waals surface area contributed by atoms with Gasteiger partial charge in [0.1, 0.15) is 5.69 Å². The highest BCUT2D eigenvalue weighted by Gasteiger charge is 2.10. The van der Waals surface area contributed by atoms with Crippen LogP contribution >= 0.6 is 0 Å². The molecule has 1 rings (SSSR count). The second-order valence-corrected chi connectivity index (χ2v) is 4.53. The molecule has 0 aliphatic carbocycles. The predicted molar refractivity (Wildman–Crippen MR) is 62.1 cm³/mol. The SMILES string of the molecule is CC[C@H](C)c1ncc(CC(C)C)[nH]c1=O. The molecule has 0 aliphatic heterocycles. The number of aromatic nitrogens is 2. The molecule has 0 unspecified atom stereocenters. The Balaban J connectivity index is 2.93. The molecule has 0 saturated heterocycles. The Morgan fingerprint density at radius 2 is 2.07 bits per heavy atom. The lowest BCUT2D eigenvalue weighted by molar-refractivity contribution is 0.623. The van der Waals surface area contributed by atoms with Crippen LogP contribution in [0.15, 0.2) is 11.0 Å². The standard InChI is InChI=1S/C12H20N2O/c1-5-9(4)11-12(15)14-10(7-13-11)6-8(2)3/h7-9H,5-6H2,1-4H3,(H,14,15)/t9-/m0/s1. The Labute approximate surface area is 91.0 Å². The van der Waals surface area contributed by atoms with Gasteiger partial charge in [0.05, 0.1) is 0 Å². The van der Waals surface area contributed by atoms with Gasteiger partial charge >= 0.3 is 0 Å². The summed E-state index contributed by atoms with van der Waals surface area (Å²) in [5.41, 5.74) is 1.56. The van der Waals surface area contributed by atoms with E-state index < -0.39 is 0 Å². The summed E-state index contributed by atoms with van der Waals surface area (Å²) < 4.78 is 0. The number of nitrogens with zero attached hydrogens (tertiary/aromatic N) is 1. The predicted octanol–water partition coefficient (Wildman–Crippen LogP) is 2.48. The van der Waals surface area contributed by atoms with Gasteiger partial charge in [-0.15, -0.1) is 0 Å². The van der Waals surface area contributed by atoms with E-state index in [1.54, 1.807) is 6.20 Å². The Morgan fingerprint density at radius 3 is 2.53 bits per heavy atom. The number of nitrogens with one attached hydrogen (secondary N) is 1. The zero-order valence-electron chi connectivity index (χ0n) is 10.0. The smallest absolute Gasteiger partial charge is 0.270 e. The molecule has 84 valence electrons. The number of hydrogen-bond donors (Lipinski definition) is 1. The van der Waals surface area contributed by atoms with E-state index in [1.807, 2.05) is 6.92 Å². The Kier molecular flexibility index (Phi) is 4.06. The van der Waals surface area contributed by atoms with Crippen molar-refractivity contribution >= 4 is 0 Å². The monoisotopic (exact) mass is 208 g/mol. The van der Waals surface area contributed by atoms with Crippen molar-refractivity contribution in [1.82, 2.24) is 9.97 Å². The molecule has 0 bridgehead atoms. The third-order valence-electron chi connectivity index (χ3n) is 2.57. The highest BCUT2D eigenvalue weighted by Crippen LogP contribution is 2.12. The molecule has 0 aliphatic rings. The normalized spacial score (nSPS) is 13.1. The van der Waals surface area contributed by atoms with Crippen molar-refractivity contribution in [3.63, 3.8) is 0 Å². The minimum absolute atomic E-state index is 0.0255. The van der Waals surface area contributed by atoms with Crippen molar-refractivity contribution in [1.29, 1.82) is 0 Å². The zero-order valence-corrected chi connectivity index (χ0v) is 10.0. The average Bonchev–Trinajstić information content (AvgIpc) is 2.16. The Morgan fingerprint density at radius 1 is 1.40 bits per heavy atom. The van der Waals surface area contributed by atoms with Crippen LogP contribution < -0.4 is 5.56 Å². The molecule has 0 aromatic carbocycles. The van der Waals surface area contributed by atoms with Crippen LogP contribution in [0.25, 0.3) is 0 Å². The third kappa shape index (κ3) is 3.18. The molecule has 1 N–H and O–H groups in total. The molecule has 3 nitrogen and oxygen atoms in total. The van der Waals surface area contributed by atoms with Gasteiger partial charge < -0.3 is 4.98 Å². The van der Waals surface area contributed by atoms with E-state index in [4.69, 9.17) is 0 Å². The summed E-state index contributed by atoms with van der Waals surface area (Å²) in [4.78, 5) is 18.9. The van der Waals surface area contributed by atoms with Crippen LogP contribution in [0.2, 0.25) is 0 Å². The van der Waals surface area contributed by atoms with Crippen molar-refractivity contribution < 1.29 is 0 Å². The lowest BCUT2D eigenvalue weighted by Crippen LogP contribution is -2.19. The fraction of sp³-hybridized carbons (Fsp3) is 0.667. The molecule has 0 saturated carbocycles. The first-order chi connectivity index (χ1) is 7.04. The number of hydrogen-bond acceptors (Lipinski definition) is 2. The first kappa shape index (κ1) is 12.0. The largest absolute Gasteiger partial charge is 0.323 e. The summed E-state index contributed by atoms with van der Waals surface area (Å²) in [7, 11) is 0. The maximum absolute atomic E-state index is 11.7. The minimum Gasteiger partial charge on any atom is -0.323 e. The van der Waals surface area contributed by atoms with E-state index in [9.17, 15) is 4.79 Å². The first-order valence-corrected chi connectivity index (χ1v) is 5.62. The molecule has 0 radical (unpaired) electrons. The van der Waals surface area contributed by atoms with Gasteiger partial charge in [0, 0.05) is 17.8 Å². The van der Waals surface area contributed by atoms with E-state index in [2.05, 4.69) is 30.7 Å². The van der Waals surface area contributed by atoms with Crippen LogP contribution in [-0.4, -0.2) is 9.97 Å². The minimum atomic E-state index is -0.0255. The quantitative estimate of drug-likeness (QED) is 0.826. The van der Waals surface area contributed by atoms with Gasteiger partial charge in [0.2, 0.25) is 0 Å². The van der Waals surface area contributed by atoms with Crippen LogP contribution in [0, 0.1) is 5.92 Å². The lowest BCUT2D eigenvalue weighted by atomic mass is 10.0. The van der Waals surface area contributed by atoms with Crippen LogP contribution in [0.4, 0.5) is 0 Å². The summed E-state index contributed by atoms with van der Waals surface area (Å²) in [5.74, 6) is 0.777. The molecule has 1 aromatic rings. The summed E-state index contributed by atoms with van der Waals surface area (Å²) in [6.07, 6.45) is 3.62. The molecule has 1 aromatic heterocycles. The van der Waals surface area contributed by atoms with E-state index in [0.717, 1.165) is 18.5 Å². The molecule has 0 spiro atoms. The first-order valence-electron chi connectivity index (χ1n) is 5.62. The van der Waals surface area contributed by atoms with Crippen LogP contribution in [0.1, 0.15) is 51.4 Å². The summed E-state index contributed by atoms with van der Waals surface area (Å²) in [6.45, 7) is 8.34. The summed E-state index contributed by atoms with van der Waals surface area (Å²) >= 11 is 0. The lowest BCUT2D eigenvalue weighted by Gasteiger charge is -2.08. The van der Waals surface area contributed by atoms with Crippen molar-refractivity contribution in [3.8, 4) is 0 Å². The molecule has 1 atom stereocenters. The van der Waals surface area contributed by atoms with Gasteiger partial charge in [-0.2, -0.15) is 0 Å². The van der Waals surface area contributed by atoms with Gasteiger partial charge in [-0.1, -0.05) is 27.7 Å². The van der Waals surface area contributed by atoms with Crippen LogP contribution in [-0.2, 0) is 6.42 Å². The second-order valence-electron chi connectivity index (χ2n) is 4.53. The number of H-pyrrole nitrogens is 1. The average molecular weight is 208 g/mol. The molecular formula is C12H20N2O. The maximum atomic E-state index is 11.7. The van der Waals surface area contributed by atoms with Crippen molar-refractivity contribution in [3.05, 3.63) is 27.9 Å². The van der Waals surface area contributed by atoms with E-state index in [-0.39, 0.29) is 11.5 Å². The summed E-state index contributed by atoms with van der Waals surface area (Å²) in [5, 5.41) is 0. The van der Waals surface area contributed by atoms with Crippen molar-refractivity contribution in [2.75, 3.05) is 0 Å². The molecule has 0 fully saturated rings. The van der Waals surface area contributed by atoms with E-state index in [1.165, 1.54) is 0 Å². The second kappa shape index (κ2) is 5.10. The zero-order chi connectivity index (χ0) is 11.4. The fourth-order valence-electron chi connectivity index (χ4n) is 1.54. The third-order valence-corrected chi connectivity index (χ3v) is 2.57. The molecule has 15 heavy (non-hydrogen) atoms. The van der Waals surface area contributed by atoms with Crippen LogP contribution in [0.3, 0.4) is 0 Å². The molecular weight excluding hydrogens is 188 g/mol. The highest BCUT2D eigenvalue weighted by atomic mass is 16.1. The van der Waals surface area contributed by atoms with Crippen LogP contribution in [0.5, 0.6) is 0 Å². The number of aromatic amines is 1. The summed E-state index contributed by atoms with van der Waals surface area (Å²) in [6, 6.07) is 0. The highest BCUT2D eigenvalue weighted by molar-refractivity contribution is 5.07. The molecule has 1 heterocycles. The molecule has 0 amide bonds. The topological polar surface area (TPSA) is 45.8 Å².